The van der Waals surface area contributed by atoms with Crippen molar-refractivity contribution in [1.29, 1.82) is 0 Å². The number of hydrogen-bond acceptors (Lipinski definition) is 4. The Balaban J connectivity index is 1.18. The van der Waals surface area contributed by atoms with E-state index in [1.807, 2.05) is 23.1 Å². The second kappa shape index (κ2) is 7.89. The molecule has 5 nitrogen and oxygen atoms in total. The Morgan fingerprint density at radius 1 is 1.31 bits per heavy atom. The van der Waals surface area contributed by atoms with E-state index in [1.54, 1.807) is 6.20 Å². The SMILES string of the molecule is O=C(C1CC=CC1)N1CC2(CC(CCOCc3ccccn3)CCO2)C1. The molecular weight excluding hydrogens is 328 g/mol. The molecule has 140 valence electrons. The standard InChI is InChI=1S/C21H28N2O3/c24-20(18-5-1-2-6-18)23-15-21(16-23)13-17(9-12-26-21)8-11-25-14-19-7-3-4-10-22-19/h1-4,7,10,17-18H,5-6,8-9,11-16H2. The van der Waals surface area contributed by atoms with E-state index in [1.165, 1.54) is 0 Å². The van der Waals surface area contributed by atoms with Gasteiger partial charge in [-0.1, -0.05) is 18.2 Å². The number of rotatable bonds is 6. The van der Waals surface area contributed by atoms with Crippen LogP contribution in [0.3, 0.4) is 0 Å². The summed E-state index contributed by atoms with van der Waals surface area (Å²) in [4.78, 5) is 18.8. The highest BCUT2D eigenvalue weighted by Gasteiger charge is 2.49. The first kappa shape index (κ1) is 17.7. The molecule has 2 fully saturated rings. The summed E-state index contributed by atoms with van der Waals surface area (Å²) in [6.45, 7) is 3.68. The third-order valence-corrected chi connectivity index (χ3v) is 5.87. The van der Waals surface area contributed by atoms with Crippen LogP contribution in [0.25, 0.3) is 0 Å². The van der Waals surface area contributed by atoms with E-state index in [0.29, 0.717) is 18.4 Å². The van der Waals surface area contributed by atoms with Gasteiger partial charge in [0.05, 0.1) is 25.4 Å². The highest BCUT2D eigenvalue weighted by Crippen LogP contribution is 2.39. The molecule has 0 radical (unpaired) electrons. The van der Waals surface area contributed by atoms with Crippen LogP contribution in [0.2, 0.25) is 0 Å². The third-order valence-electron chi connectivity index (χ3n) is 5.87. The fourth-order valence-electron chi connectivity index (χ4n) is 4.39. The zero-order valence-electron chi connectivity index (χ0n) is 15.3. The molecule has 3 heterocycles. The average Bonchev–Trinajstić information content (AvgIpc) is 3.18. The number of amides is 1. The lowest BCUT2D eigenvalue weighted by Gasteiger charge is -2.53. The summed E-state index contributed by atoms with van der Waals surface area (Å²) in [5, 5.41) is 0. The van der Waals surface area contributed by atoms with Gasteiger partial charge in [0.1, 0.15) is 5.60 Å². The maximum atomic E-state index is 12.5. The van der Waals surface area contributed by atoms with E-state index in [9.17, 15) is 4.79 Å². The predicted octanol–water partition coefficient (Wildman–Crippen LogP) is 2.96. The van der Waals surface area contributed by atoms with Crippen LogP contribution in [-0.2, 0) is 20.9 Å². The molecule has 4 rings (SSSR count). The molecule has 3 aliphatic rings. The Kier molecular flexibility index (Phi) is 5.36. The summed E-state index contributed by atoms with van der Waals surface area (Å²) in [7, 11) is 0. The molecule has 26 heavy (non-hydrogen) atoms. The van der Waals surface area contributed by atoms with Crippen LogP contribution in [0.5, 0.6) is 0 Å². The zero-order chi connectivity index (χ0) is 17.8. The topological polar surface area (TPSA) is 51.7 Å². The second-order valence-corrected chi connectivity index (χ2v) is 7.89. The second-order valence-electron chi connectivity index (χ2n) is 7.89. The van der Waals surface area contributed by atoms with Crippen LogP contribution in [0.15, 0.2) is 36.5 Å². The van der Waals surface area contributed by atoms with E-state index in [0.717, 1.165) is 64.1 Å². The molecular formula is C21H28N2O3. The summed E-state index contributed by atoms with van der Waals surface area (Å²) in [6.07, 6.45) is 11.0. The molecule has 2 saturated heterocycles. The van der Waals surface area contributed by atoms with Gasteiger partial charge in [-0.25, -0.2) is 0 Å². The number of carbonyl (C=O) groups excluding carboxylic acids is 1. The maximum absolute atomic E-state index is 12.5. The van der Waals surface area contributed by atoms with Gasteiger partial charge in [-0.05, 0) is 50.2 Å². The first-order chi connectivity index (χ1) is 12.7. The molecule has 0 N–H and O–H groups in total. The molecule has 1 spiro atoms. The number of ether oxygens (including phenoxy) is 2. The van der Waals surface area contributed by atoms with Gasteiger partial charge < -0.3 is 14.4 Å². The van der Waals surface area contributed by atoms with Crippen molar-refractivity contribution in [2.75, 3.05) is 26.3 Å². The number of pyridine rings is 1. The van der Waals surface area contributed by atoms with Gasteiger partial charge in [-0.3, -0.25) is 9.78 Å². The van der Waals surface area contributed by atoms with Crippen molar-refractivity contribution in [3.05, 3.63) is 42.2 Å². The molecule has 0 aromatic carbocycles. The van der Waals surface area contributed by atoms with E-state index in [-0.39, 0.29) is 11.5 Å². The number of allylic oxidation sites excluding steroid dienone is 2. The van der Waals surface area contributed by atoms with Gasteiger partial charge in [0.15, 0.2) is 0 Å². The van der Waals surface area contributed by atoms with Crippen molar-refractivity contribution >= 4 is 5.91 Å². The van der Waals surface area contributed by atoms with Crippen molar-refractivity contribution in [2.24, 2.45) is 11.8 Å². The minimum atomic E-state index is -0.0917. The Bertz CT molecular complexity index is 632. The molecule has 1 amide bonds. The molecule has 1 aliphatic carbocycles. The maximum Gasteiger partial charge on any atom is 0.226 e. The first-order valence-electron chi connectivity index (χ1n) is 9.79. The van der Waals surface area contributed by atoms with Crippen molar-refractivity contribution in [2.45, 2.75) is 44.3 Å². The van der Waals surface area contributed by atoms with Crippen molar-refractivity contribution < 1.29 is 14.3 Å². The minimum Gasteiger partial charge on any atom is -0.375 e. The Morgan fingerprint density at radius 2 is 2.15 bits per heavy atom. The minimum absolute atomic E-state index is 0.0917. The van der Waals surface area contributed by atoms with E-state index < -0.39 is 0 Å². The fraction of sp³-hybridized carbons (Fsp3) is 0.619. The molecule has 0 saturated carbocycles. The summed E-state index contributed by atoms with van der Waals surface area (Å²) < 4.78 is 11.9. The van der Waals surface area contributed by atoms with Crippen LogP contribution in [0, 0.1) is 11.8 Å². The molecule has 1 unspecified atom stereocenters. The third kappa shape index (κ3) is 3.99. The normalized spacial score (nSPS) is 24.8. The lowest BCUT2D eigenvalue weighted by Crippen LogP contribution is -2.67. The van der Waals surface area contributed by atoms with Gasteiger partial charge in [0.2, 0.25) is 5.91 Å². The largest absolute Gasteiger partial charge is 0.375 e. The Morgan fingerprint density at radius 3 is 2.92 bits per heavy atom. The van der Waals surface area contributed by atoms with Crippen LogP contribution >= 0.6 is 0 Å². The number of carbonyl (C=O) groups is 1. The molecule has 1 aromatic heterocycles. The van der Waals surface area contributed by atoms with E-state index in [2.05, 4.69) is 17.1 Å². The summed E-state index contributed by atoms with van der Waals surface area (Å²) in [5.74, 6) is 1.11. The number of likely N-dealkylation sites (tertiary alicyclic amines) is 1. The molecule has 1 aromatic rings. The van der Waals surface area contributed by atoms with E-state index in [4.69, 9.17) is 9.47 Å². The quantitative estimate of drug-likeness (QED) is 0.581. The molecule has 5 heteroatoms. The summed E-state index contributed by atoms with van der Waals surface area (Å²) in [5.41, 5.74) is 0.886. The lowest BCUT2D eigenvalue weighted by atomic mass is 9.79. The van der Waals surface area contributed by atoms with Crippen LogP contribution in [0.1, 0.15) is 37.8 Å². The number of aromatic nitrogens is 1. The Labute approximate surface area is 155 Å². The van der Waals surface area contributed by atoms with Gasteiger partial charge in [0, 0.05) is 25.3 Å². The highest BCUT2D eigenvalue weighted by molar-refractivity contribution is 5.80. The van der Waals surface area contributed by atoms with Crippen LogP contribution in [0.4, 0.5) is 0 Å². The van der Waals surface area contributed by atoms with Crippen LogP contribution < -0.4 is 0 Å². The molecule has 1 atom stereocenters. The summed E-state index contributed by atoms with van der Waals surface area (Å²) >= 11 is 0. The molecule has 2 aliphatic heterocycles. The zero-order valence-corrected chi connectivity index (χ0v) is 15.3. The van der Waals surface area contributed by atoms with Gasteiger partial charge in [-0.15, -0.1) is 0 Å². The number of nitrogens with zero attached hydrogens (tertiary/aromatic N) is 2. The highest BCUT2D eigenvalue weighted by atomic mass is 16.5. The average molecular weight is 356 g/mol. The number of hydrogen-bond donors (Lipinski definition) is 0. The van der Waals surface area contributed by atoms with Crippen LogP contribution in [-0.4, -0.2) is 47.7 Å². The van der Waals surface area contributed by atoms with Crippen molar-refractivity contribution in [3.63, 3.8) is 0 Å². The van der Waals surface area contributed by atoms with Gasteiger partial charge in [-0.2, -0.15) is 0 Å². The van der Waals surface area contributed by atoms with Gasteiger partial charge in [0.25, 0.3) is 0 Å². The first-order valence-corrected chi connectivity index (χ1v) is 9.79. The monoisotopic (exact) mass is 356 g/mol. The summed E-state index contributed by atoms with van der Waals surface area (Å²) in [6, 6.07) is 5.89. The van der Waals surface area contributed by atoms with E-state index >= 15 is 0 Å². The lowest BCUT2D eigenvalue weighted by molar-refractivity contribution is -0.191. The molecule has 0 bridgehead atoms. The predicted molar refractivity (Wildman–Crippen MR) is 98.4 cm³/mol. The van der Waals surface area contributed by atoms with Crippen molar-refractivity contribution in [3.8, 4) is 0 Å². The smallest absolute Gasteiger partial charge is 0.226 e. The van der Waals surface area contributed by atoms with Crippen molar-refractivity contribution in [1.82, 2.24) is 9.88 Å². The fourth-order valence-corrected chi connectivity index (χ4v) is 4.39. The van der Waals surface area contributed by atoms with Gasteiger partial charge >= 0.3 is 0 Å². The Hall–Kier alpha value is -1.72.